The number of amides is 1. The lowest BCUT2D eigenvalue weighted by Gasteiger charge is -2.41. The van der Waals surface area contributed by atoms with Crippen molar-refractivity contribution in [3.8, 4) is 5.75 Å². The van der Waals surface area contributed by atoms with E-state index in [0.29, 0.717) is 5.56 Å². The predicted octanol–water partition coefficient (Wildman–Crippen LogP) is 2.37. The summed E-state index contributed by atoms with van der Waals surface area (Å²) in [6.45, 7) is 0.811. The van der Waals surface area contributed by atoms with Crippen molar-refractivity contribution in [2.45, 2.75) is 38.1 Å². The minimum atomic E-state index is -1.18. The molecule has 33 heavy (non-hydrogen) atoms. The van der Waals surface area contributed by atoms with E-state index in [0.717, 1.165) is 19.4 Å². The largest absolute Gasteiger partial charge is 0.511 e. The summed E-state index contributed by atoms with van der Waals surface area (Å²) in [4.78, 5) is 39.9. The first-order valence-electron chi connectivity index (χ1n) is 11.1. The highest BCUT2D eigenvalue weighted by atomic mass is 19.1. The van der Waals surface area contributed by atoms with Gasteiger partial charge in [0.2, 0.25) is 0 Å². The molecule has 1 aromatic carbocycles. The van der Waals surface area contributed by atoms with Gasteiger partial charge in [-0.15, -0.1) is 0 Å². The molecule has 1 aromatic rings. The number of Topliss-reactive ketones (excluding diaryl/α,β-unsaturated/α-hetero) is 2. The summed E-state index contributed by atoms with van der Waals surface area (Å²) in [5.41, 5.74) is 4.91. The molecule has 1 amide bonds. The highest BCUT2D eigenvalue weighted by molar-refractivity contribution is 6.22. The summed E-state index contributed by atoms with van der Waals surface area (Å²) >= 11 is 0. The van der Waals surface area contributed by atoms with Gasteiger partial charge in [-0.2, -0.15) is 0 Å². The van der Waals surface area contributed by atoms with Crippen LogP contribution in [0.15, 0.2) is 28.7 Å². The van der Waals surface area contributed by atoms with E-state index in [1.54, 1.807) is 0 Å². The van der Waals surface area contributed by atoms with E-state index < -0.39 is 58.1 Å². The second-order valence-electron chi connectivity index (χ2n) is 9.55. The highest BCUT2D eigenvalue weighted by Gasteiger charge is 2.50. The number of hydrogen-bond acceptors (Lipinski definition) is 7. The van der Waals surface area contributed by atoms with Gasteiger partial charge in [-0.1, -0.05) is 0 Å². The summed E-state index contributed by atoms with van der Waals surface area (Å²) in [5.74, 6) is -6.73. The van der Waals surface area contributed by atoms with Crippen LogP contribution in [0.5, 0.6) is 5.75 Å². The van der Waals surface area contributed by atoms with E-state index in [1.807, 2.05) is 11.9 Å². The van der Waals surface area contributed by atoms with Crippen LogP contribution in [0.25, 0.3) is 0 Å². The smallest absolute Gasteiger partial charge is 0.255 e. The summed E-state index contributed by atoms with van der Waals surface area (Å²) < 4.78 is 15.7. The zero-order chi connectivity index (χ0) is 23.8. The summed E-state index contributed by atoms with van der Waals surface area (Å²) in [6.07, 6.45) is 1.92. The number of aliphatic hydroxyl groups is 2. The first-order chi connectivity index (χ1) is 15.6. The minimum absolute atomic E-state index is 0.0391. The van der Waals surface area contributed by atoms with Gasteiger partial charge in [-0.05, 0) is 57.2 Å². The molecule has 1 saturated heterocycles. The molecule has 0 spiro atoms. The average molecular weight is 456 g/mol. The molecule has 0 bridgehead atoms. The molecule has 1 fully saturated rings. The van der Waals surface area contributed by atoms with Crippen molar-refractivity contribution in [2.24, 2.45) is 23.5 Å². The molecule has 9 heteroatoms. The third-order valence-corrected chi connectivity index (χ3v) is 7.73. The molecule has 5 N–H and O–H groups in total. The molecule has 0 aromatic heterocycles. The molecule has 4 atom stereocenters. The Morgan fingerprint density at radius 3 is 2.58 bits per heavy atom. The lowest BCUT2D eigenvalue weighted by molar-refractivity contribution is -0.126. The molecular weight excluding hydrogens is 431 g/mol. The molecule has 1 aliphatic heterocycles. The molecule has 8 nitrogen and oxygen atoms in total. The van der Waals surface area contributed by atoms with Crippen molar-refractivity contribution < 1.29 is 34.1 Å². The van der Waals surface area contributed by atoms with Crippen molar-refractivity contribution in [1.82, 2.24) is 4.90 Å². The topological polar surface area (TPSA) is 141 Å². The maximum absolute atomic E-state index is 15.7. The molecule has 4 aliphatic rings. The Morgan fingerprint density at radius 1 is 1.21 bits per heavy atom. The quantitative estimate of drug-likeness (QED) is 0.501. The van der Waals surface area contributed by atoms with Gasteiger partial charge in [0.25, 0.3) is 5.91 Å². The van der Waals surface area contributed by atoms with E-state index in [-0.39, 0.29) is 47.8 Å². The zero-order valence-electron chi connectivity index (χ0n) is 18.1. The summed E-state index contributed by atoms with van der Waals surface area (Å²) in [5, 5.41) is 31.9. The molecule has 0 radical (unpaired) electrons. The van der Waals surface area contributed by atoms with Gasteiger partial charge in [0, 0.05) is 29.2 Å². The number of hydrogen-bond donors (Lipinski definition) is 4. The van der Waals surface area contributed by atoms with E-state index in [1.165, 1.54) is 6.07 Å². The number of allylic oxidation sites excluding steroid dienone is 3. The van der Waals surface area contributed by atoms with Crippen LogP contribution in [0, 0.1) is 23.6 Å². The first-order valence-corrected chi connectivity index (χ1v) is 11.1. The normalized spacial score (nSPS) is 29.8. The average Bonchev–Trinajstić information content (AvgIpc) is 3.15. The Kier molecular flexibility index (Phi) is 4.86. The van der Waals surface area contributed by atoms with Crippen molar-refractivity contribution in [2.75, 3.05) is 13.6 Å². The van der Waals surface area contributed by atoms with E-state index in [4.69, 9.17) is 5.73 Å². The molecule has 4 unspecified atom stereocenters. The van der Waals surface area contributed by atoms with Gasteiger partial charge in [-0.25, -0.2) is 4.39 Å². The third kappa shape index (κ3) is 3.02. The molecule has 0 saturated carbocycles. The number of halogens is 1. The lowest BCUT2D eigenvalue weighted by Crippen LogP contribution is -2.43. The number of phenolic OH excluding ortho intramolecular Hbond substituents is 1. The Bertz CT molecular complexity index is 1190. The number of carbonyl (C=O) groups excluding carboxylic acids is 3. The Hall–Kier alpha value is -3.20. The number of ketones is 2. The van der Waals surface area contributed by atoms with Crippen LogP contribution in [-0.4, -0.2) is 51.3 Å². The monoisotopic (exact) mass is 456 g/mol. The van der Waals surface area contributed by atoms with Crippen LogP contribution in [0.2, 0.25) is 0 Å². The number of aliphatic hydroxyl groups excluding tert-OH is 2. The molecular formula is C24H25FN2O6. The second-order valence-corrected chi connectivity index (χ2v) is 9.55. The molecule has 174 valence electrons. The highest BCUT2D eigenvalue weighted by Crippen LogP contribution is 2.50. The van der Waals surface area contributed by atoms with Crippen molar-refractivity contribution in [3.05, 3.63) is 51.2 Å². The van der Waals surface area contributed by atoms with Gasteiger partial charge in [0.05, 0.1) is 11.5 Å². The zero-order valence-corrected chi connectivity index (χ0v) is 18.1. The second kappa shape index (κ2) is 7.41. The fourth-order valence-corrected chi connectivity index (χ4v) is 6.25. The Morgan fingerprint density at radius 2 is 1.94 bits per heavy atom. The summed E-state index contributed by atoms with van der Waals surface area (Å²) in [7, 11) is 1.89. The number of phenols is 1. The number of primary amides is 1. The Balaban J connectivity index is 1.61. The molecule has 1 heterocycles. The minimum Gasteiger partial charge on any atom is -0.511 e. The van der Waals surface area contributed by atoms with Crippen LogP contribution in [-0.2, 0) is 16.0 Å². The number of fused-ring (bicyclic) bond motifs is 3. The van der Waals surface area contributed by atoms with Crippen LogP contribution in [0.4, 0.5) is 4.39 Å². The number of nitrogens with two attached hydrogens (primary N) is 1. The van der Waals surface area contributed by atoms with E-state index in [9.17, 15) is 29.7 Å². The number of aromatic hydroxyl groups is 1. The summed E-state index contributed by atoms with van der Waals surface area (Å²) in [6, 6.07) is 1.10. The van der Waals surface area contributed by atoms with Crippen LogP contribution in [0.1, 0.15) is 53.2 Å². The van der Waals surface area contributed by atoms with Gasteiger partial charge >= 0.3 is 0 Å². The van der Waals surface area contributed by atoms with Crippen LogP contribution in [0.3, 0.4) is 0 Å². The fourth-order valence-electron chi connectivity index (χ4n) is 6.25. The van der Waals surface area contributed by atoms with Crippen LogP contribution >= 0.6 is 0 Å². The Labute approximate surface area is 189 Å². The van der Waals surface area contributed by atoms with Crippen molar-refractivity contribution >= 4 is 17.5 Å². The number of carbonyl (C=O) groups is 3. The lowest BCUT2D eigenvalue weighted by atomic mass is 9.62. The fraction of sp³-hybridized carbons (Fsp3) is 0.458. The number of likely N-dealkylation sites (tertiary alicyclic amines) is 1. The SMILES string of the molecule is CN1CCCC1c1cc(O)c2c(c1F)CC1CC3CC(O)=C(C(N)=O)C(=O)C3C(O)=C1C2=O. The number of benzene rings is 1. The van der Waals surface area contributed by atoms with Gasteiger partial charge < -0.3 is 21.1 Å². The van der Waals surface area contributed by atoms with E-state index in [2.05, 4.69) is 0 Å². The van der Waals surface area contributed by atoms with Crippen molar-refractivity contribution in [1.29, 1.82) is 0 Å². The van der Waals surface area contributed by atoms with Gasteiger partial charge in [0.1, 0.15) is 28.7 Å². The number of rotatable bonds is 2. The molecule has 3 aliphatic carbocycles. The third-order valence-electron chi connectivity index (χ3n) is 7.73. The van der Waals surface area contributed by atoms with Gasteiger partial charge in [-0.3, -0.25) is 19.3 Å². The van der Waals surface area contributed by atoms with Crippen LogP contribution < -0.4 is 5.73 Å². The predicted molar refractivity (Wildman–Crippen MR) is 114 cm³/mol. The molecule has 5 rings (SSSR count). The maximum atomic E-state index is 15.7. The van der Waals surface area contributed by atoms with Gasteiger partial charge in [0.15, 0.2) is 11.6 Å². The van der Waals surface area contributed by atoms with Crippen molar-refractivity contribution in [3.63, 3.8) is 0 Å². The first kappa shape index (κ1) is 21.6. The van der Waals surface area contributed by atoms with E-state index >= 15 is 4.39 Å². The maximum Gasteiger partial charge on any atom is 0.255 e. The number of nitrogens with zero attached hydrogens (tertiary/aromatic N) is 1. The standard InChI is InChI=1S/C24H25FN2O6/c1-27-4-2-3-13(27)11-8-15(29)18-12(20(11)25)6-9-5-10-7-14(28)19(24(26)33)23(32)17(10)21(30)16(9)22(18)31/h8-10,13,17,28-30H,2-7H2,1H3,(H2,26,33).